The van der Waals surface area contributed by atoms with Crippen LogP contribution in [-0.2, 0) is 15.1 Å². The second kappa shape index (κ2) is 6.59. The average Bonchev–Trinajstić information content (AvgIpc) is 3.37. The number of hydrogen-bond donors (Lipinski definition) is 2. The maximum Gasteiger partial charge on any atom is 0.250 e. The minimum Gasteiger partial charge on any atom is -0.497 e. The number of amides is 2. The van der Waals surface area contributed by atoms with Crippen LogP contribution in [0.3, 0.4) is 0 Å². The molecule has 3 aliphatic rings. The highest BCUT2D eigenvalue weighted by molar-refractivity contribution is 6.10. The third kappa shape index (κ3) is 2.59. The molecule has 2 N–H and O–H groups in total. The molecule has 0 bridgehead atoms. The van der Waals surface area contributed by atoms with Gasteiger partial charge in [0.15, 0.2) is 0 Å². The standard InChI is InChI=1S/C23H25N3O3/c1-14-5-10-20-18(12-14)23(22(28)25-20)19(13-16-4-3-11-26(16)23)21(27)24-15-6-8-17(29-2)9-7-15/h5-10,12,16,19H,3-4,11,13H2,1-2H3,(H,24,27)(H,25,28)/t16-,19+,23-/m0/s1. The van der Waals surface area contributed by atoms with E-state index in [4.69, 9.17) is 4.74 Å². The summed E-state index contributed by atoms with van der Waals surface area (Å²) in [7, 11) is 1.61. The molecule has 2 amide bonds. The van der Waals surface area contributed by atoms with E-state index >= 15 is 0 Å². The lowest BCUT2D eigenvalue weighted by atomic mass is 9.78. The molecule has 0 unspecified atom stereocenters. The van der Waals surface area contributed by atoms with E-state index in [0.717, 1.165) is 42.0 Å². The van der Waals surface area contributed by atoms with Gasteiger partial charge in [0.25, 0.3) is 0 Å². The van der Waals surface area contributed by atoms with Gasteiger partial charge in [-0.05, 0) is 63.1 Å². The second-order valence-electron chi connectivity index (χ2n) is 8.27. The van der Waals surface area contributed by atoms with E-state index in [2.05, 4.69) is 21.6 Å². The van der Waals surface area contributed by atoms with Crippen LogP contribution in [0.4, 0.5) is 11.4 Å². The Bertz CT molecular complexity index is 987. The molecular formula is C23H25N3O3. The van der Waals surface area contributed by atoms with Gasteiger partial charge in [0.2, 0.25) is 11.8 Å². The molecule has 150 valence electrons. The quantitative estimate of drug-likeness (QED) is 0.843. The van der Waals surface area contributed by atoms with Crippen molar-refractivity contribution >= 4 is 23.2 Å². The van der Waals surface area contributed by atoms with E-state index in [-0.39, 0.29) is 17.9 Å². The summed E-state index contributed by atoms with van der Waals surface area (Å²) in [5.41, 5.74) is 2.66. The molecule has 0 radical (unpaired) electrons. The minimum atomic E-state index is -0.918. The van der Waals surface area contributed by atoms with Gasteiger partial charge in [0, 0.05) is 23.0 Å². The van der Waals surface area contributed by atoms with Crippen LogP contribution >= 0.6 is 0 Å². The van der Waals surface area contributed by atoms with Crippen molar-refractivity contribution in [2.75, 3.05) is 24.3 Å². The summed E-state index contributed by atoms with van der Waals surface area (Å²) in [5.74, 6) is 0.130. The summed E-state index contributed by atoms with van der Waals surface area (Å²) < 4.78 is 5.19. The number of carbonyl (C=O) groups excluding carboxylic acids is 2. The van der Waals surface area contributed by atoms with E-state index < -0.39 is 11.5 Å². The van der Waals surface area contributed by atoms with E-state index in [1.807, 2.05) is 43.3 Å². The summed E-state index contributed by atoms with van der Waals surface area (Å²) in [6.45, 7) is 2.87. The fourth-order valence-corrected chi connectivity index (χ4v) is 5.44. The van der Waals surface area contributed by atoms with Crippen LogP contribution in [0.25, 0.3) is 0 Å². The Morgan fingerprint density at radius 3 is 2.79 bits per heavy atom. The number of fused-ring (bicyclic) bond motifs is 4. The molecule has 0 aromatic heterocycles. The fraction of sp³-hybridized carbons (Fsp3) is 0.391. The van der Waals surface area contributed by atoms with Gasteiger partial charge in [-0.1, -0.05) is 17.7 Å². The van der Waals surface area contributed by atoms with Gasteiger partial charge in [-0.3, -0.25) is 14.5 Å². The lowest BCUT2D eigenvalue weighted by molar-refractivity contribution is -0.135. The van der Waals surface area contributed by atoms with E-state index in [0.29, 0.717) is 12.1 Å². The van der Waals surface area contributed by atoms with Gasteiger partial charge in [-0.2, -0.15) is 0 Å². The first-order valence-electron chi connectivity index (χ1n) is 10.2. The number of hydrogen-bond acceptors (Lipinski definition) is 4. The van der Waals surface area contributed by atoms with Gasteiger partial charge in [0.1, 0.15) is 11.3 Å². The fourth-order valence-electron chi connectivity index (χ4n) is 5.44. The molecule has 2 aromatic carbocycles. The number of aryl methyl sites for hydroxylation is 1. The van der Waals surface area contributed by atoms with Crippen molar-refractivity contribution in [3.8, 4) is 5.75 Å². The molecule has 2 saturated heterocycles. The highest BCUT2D eigenvalue weighted by Gasteiger charge is 2.65. The van der Waals surface area contributed by atoms with Crippen molar-refractivity contribution in [3.63, 3.8) is 0 Å². The number of anilines is 2. The van der Waals surface area contributed by atoms with Gasteiger partial charge in [-0.25, -0.2) is 0 Å². The Labute approximate surface area is 170 Å². The van der Waals surface area contributed by atoms with Crippen molar-refractivity contribution in [1.82, 2.24) is 4.90 Å². The molecule has 3 atom stereocenters. The largest absolute Gasteiger partial charge is 0.497 e. The zero-order chi connectivity index (χ0) is 20.2. The number of nitrogens with one attached hydrogen (secondary N) is 2. The van der Waals surface area contributed by atoms with Crippen LogP contribution in [0.1, 0.15) is 30.4 Å². The van der Waals surface area contributed by atoms with Gasteiger partial charge >= 0.3 is 0 Å². The number of ether oxygens (including phenoxy) is 1. The zero-order valence-corrected chi connectivity index (χ0v) is 16.7. The van der Waals surface area contributed by atoms with Gasteiger partial charge in [-0.15, -0.1) is 0 Å². The molecule has 3 heterocycles. The predicted octanol–water partition coefficient (Wildman–Crippen LogP) is 3.27. The van der Waals surface area contributed by atoms with Gasteiger partial charge in [0.05, 0.1) is 13.0 Å². The Hall–Kier alpha value is -2.86. The minimum absolute atomic E-state index is 0.0719. The summed E-state index contributed by atoms with van der Waals surface area (Å²) in [4.78, 5) is 29.1. The van der Waals surface area contributed by atoms with Crippen molar-refractivity contribution < 1.29 is 14.3 Å². The number of nitrogens with zero attached hydrogens (tertiary/aromatic N) is 1. The average molecular weight is 391 g/mol. The zero-order valence-electron chi connectivity index (χ0n) is 16.7. The van der Waals surface area contributed by atoms with Crippen LogP contribution < -0.4 is 15.4 Å². The molecule has 2 aromatic rings. The summed E-state index contributed by atoms with van der Waals surface area (Å²) in [5, 5.41) is 6.10. The van der Waals surface area contributed by atoms with Crippen LogP contribution in [0.2, 0.25) is 0 Å². The SMILES string of the molecule is COc1ccc(NC(=O)[C@H]2C[C@@H]3CCCN3[C@]23C(=O)Nc2ccc(C)cc23)cc1. The first-order valence-corrected chi connectivity index (χ1v) is 10.2. The van der Waals surface area contributed by atoms with Crippen LogP contribution in [0, 0.1) is 12.8 Å². The molecule has 6 nitrogen and oxygen atoms in total. The normalized spacial score (nSPS) is 27.6. The highest BCUT2D eigenvalue weighted by Crippen LogP contribution is 2.55. The van der Waals surface area contributed by atoms with Crippen molar-refractivity contribution in [3.05, 3.63) is 53.6 Å². The lowest BCUT2D eigenvalue weighted by Gasteiger charge is -2.36. The molecule has 2 fully saturated rings. The number of carbonyl (C=O) groups is 2. The molecule has 29 heavy (non-hydrogen) atoms. The topological polar surface area (TPSA) is 70.7 Å². The molecule has 1 spiro atoms. The molecule has 5 rings (SSSR count). The molecule has 6 heteroatoms. The van der Waals surface area contributed by atoms with Crippen LogP contribution in [-0.4, -0.2) is 36.4 Å². The van der Waals surface area contributed by atoms with Crippen molar-refractivity contribution in [2.24, 2.45) is 5.92 Å². The maximum absolute atomic E-state index is 13.5. The third-order valence-electron chi connectivity index (χ3n) is 6.70. The van der Waals surface area contributed by atoms with Crippen LogP contribution in [0.15, 0.2) is 42.5 Å². The molecular weight excluding hydrogens is 366 g/mol. The Morgan fingerprint density at radius 1 is 1.24 bits per heavy atom. The number of rotatable bonds is 3. The second-order valence-corrected chi connectivity index (χ2v) is 8.27. The van der Waals surface area contributed by atoms with E-state index in [1.165, 1.54) is 0 Å². The van der Waals surface area contributed by atoms with E-state index in [9.17, 15) is 9.59 Å². The third-order valence-corrected chi connectivity index (χ3v) is 6.70. The molecule has 0 aliphatic carbocycles. The summed E-state index contributed by atoms with van der Waals surface area (Å²) in [6, 6.07) is 13.6. The first kappa shape index (κ1) is 18.2. The summed E-state index contributed by atoms with van der Waals surface area (Å²) >= 11 is 0. The Kier molecular flexibility index (Phi) is 4.13. The Morgan fingerprint density at radius 2 is 2.03 bits per heavy atom. The number of methoxy groups -OCH3 is 1. The number of benzene rings is 2. The lowest BCUT2D eigenvalue weighted by Crippen LogP contribution is -2.53. The monoisotopic (exact) mass is 391 g/mol. The van der Waals surface area contributed by atoms with Gasteiger partial charge < -0.3 is 15.4 Å². The van der Waals surface area contributed by atoms with E-state index in [1.54, 1.807) is 7.11 Å². The molecule has 3 aliphatic heterocycles. The smallest absolute Gasteiger partial charge is 0.250 e. The van der Waals surface area contributed by atoms with Crippen molar-refractivity contribution in [1.29, 1.82) is 0 Å². The highest BCUT2D eigenvalue weighted by atomic mass is 16.5. The van der Waals surface area contributed by atoms with Crippen molar-refractivity contribution in [2.45, 2.75) is 37.8 Å². The first-order chi connectivity index (χ1) is 14.0. The van der Waals surface area contributed by atoms with Crippen LogP contribution in [0.5, 0.6) is 5.75 Å². The predicted molar refractivity (Wildman–Crippen MR) is 111 cm³/mol. The molecule has 0 saturated carbocycles. The maximum atomic E-state index is 13.5. The summed E-state index contributed by atoms with van der Waals surface area (Å²) in [6.07, 6.45) is 2.79. The Balaban J connectivity index is 1.55.